The highest BCUT2D eigenvalue weighted by Gasteiger charge is 2.11. The van der Waals surface area contributed by atoms with Gasteiger partial charge in [-0.15, -0.1) is 0 Å². The van der Waals surface area contributed by atoms with Gasteiger partial charge in [0.2, 0.25) is 0 Å². The number of amides is 1. The van der Waals surface area contributed by atoms with Gasteiger partial charge in [-0.1, -0.05) is 19.9 Å². The van der Waals surface area contributed by atoms with Gasteiger partial charge in [-0.25, -0.2) is 0 Å². The number of furan rings is 1. The van der Waals surface area contributed by atoms with Gasteiger partial charge in [0.15, 0.2) is 5.76 Å². The zero-order valence-corrected chi connectivity index (χ0v) is 13.6. The smallest absolute Gasteiger partial charge is 0.287 e. The minimum atomic E-state index is -0.189. The molecule has 0 spiro atoms. The molecule has 0 saturated carbocycles. The predicted octanol–water partition coefficient (Wildman–Crippen LogP) is 3.86. The summed E-state index contributed by atoms with van der Waals surface area (Å²) in [6, 6.07) is 9.40. The highest BCUT2D eigenvalue weighted by molar-refractivity contribution is 5.91. The van der Waals surface area contributed by atoms with Crippen LogP contribution in [0, 0.1) is 19.8 Å². The van der Waals surface area contributed by atoms with E-state index in [1.807, 2.05) is 39.0 Å². The SMILES string of the molecule is Cc1ccc(OCc2ccc(C(=O)NCC(C)C)o2)cc1C. The number of rotatable bonds is 6. The zero-order valence-electron chi connectivity index (χ0n) is 13.6. The van der Waals surface area contributed by atoms with Crippen LogP contribution in [0.25, 0.3) is 0 Å². The molecule has 2 aromatic rings. The van der Waals surface area contributed by atoms with Crippen molar-refractivity contribution in [1.29, 1.82) is 0 Å². The molecule has 4 nitrogen and oxygen atoms in total. The molecular weight excluding hydrogens is 278 g/mol. The summed E-state index contributed by atoms with van der Waals surface area (Å²) in [4.78, 5) is 11.9. The number of aryl methyl sites for hydroxylation is 2. The van der Waals surface area contributed by atoms with E-state index in [1.54, 1.807) is 12.1 Å². The molecular formula is C18H23NO3. The second-order valence-electron chi connectivity index (χ2n) is 5.90. The van der Waals surface area contributed by atoms with Gasteiger partial charge in [-0.3, -0.25) is 4.79 Å². The highest BCUT2D eigenvalue weighted by Crippen LogP contribution is 2.18. The number of hydrogen-bond acceptors (Lipinski definition) is 3. The molecule has 1 amide bonds. The molecule has 0 fully saturated rings. The third-order valence-electron chi connectivity index (χ3n) is 3.42. The fourth-order valence-electron chi connectivity index (χ4n) is 1.92. The lowest BCUT2D eigenvalue weighted by Gasteiger charge is -2.07. The number of nitrogens with one attached hydrogen (secondary N) is 1. The van der Waals surface area contributed by atoms with Crippen molar-refractivity contribution < 1.29 is 13.9 Å². The molecule has 2 rings (SSSR count). The second kappa shape index (κ2) is 7.16. The first-order valence-electron chi connectivity index (χ1n) is 7.52. The maximum Gasteiger partial charge on any atom is 0.287 e. The van der Waals surface area contributed by atoms with E-state index in [2.05, 4.69) is 12.2 Å². The maximum absolute atomic E-state index is 11.9. The minimum absolute atomic E-state index is 0.189. The van der Waals surface area contributed by atoms with Crippen LogP contribution < -0.4 is 10.1 Å². The van der Waals surface area contributed by atoms with Gasteiger partial charge >= 0.3 is 0 Å². The van der Waals surface area contributed by atoms with E-state index in [0.29, 0.717) is 30.6 Å². The van der Waals surface area contributed by atoms with Crippen molar-refractivity contribution in [3.05, 3.63) is 53.0 Å². The zero-order chi connectivity index (χ0) is 16.1. The Bertz CT molecular complexity index is 644. The quantitative estimate of drug-likeness (QED) is 0.881. The van der Waals surface area contributed by atoms with Gasteiger partial charge in [0.25, 0.3) is 5.91 Å². The van der Waals surface area contributed by atoms with Gasteiger partial charge in [0, 0.05) is 6.54 Å². The summed E-state index contributed by atoms with van der Waals surface area (Å²) in [5.41, 5.74) is 2.42. The van der Waals surface area contributed by atoms with Crippen LogP contribution in [0.5, 0.6) is 5.75 Å². The van der Waals surface area contributed by atoms with Gasteiger partial charge < -0.3 is 14.5 Å². The van der Waals surface area contributed by atoms with Crippen molar-refractivity contribution in [2.24, 2.45) is 5.92 Å². The van der Waals surface area contributed by atoms with Gasteiger partial charge in [-0.05, 0) is 55.2 Å². The van der Waals surface area contributed by atoms with E-state index in [0.717, 1.165) is 5.75 Å². The second-order valence-corrected chi connectivity index (χ2v) is 5.90. The first-order chi connectivity index (χ1) is 10.5. The summed E-state index contributed by atoms with van der Waals surface area (Å²) in [6.07, 6.45) is 0. The summed E-state index contributed by atoms with van der Waals surface area (Å²) in [7, 11) is 0. The molecule has 0 aliphatic carbocycles. The van der Waals surface area contributed by atoms with E-state index in [4.69, 9.17) is 9.15 Å². The molecule has 118 valence electrons. The number of carbonyl (C=O) groups excluding carboxylic acids is 1. The number of ether oxygens (including phenoxy) is 1. The predicted molar refractivity (Wildman–Crippen MR) is 86.1 cm³/mol. The van der Waals surface area contributed by atoms with Crippen molar-refractivity contribution in [3.63, 3.8) is 0 Å². The van der Waals surface area contributed by atoms with Crippen LogP contribution in [0.1, 0.15) is 41.3 Å². The molecule has 0 aliphatic heterocycles. The molecule has 0 atom stereocenters. The van der Waals surface area contributed by atoms with Crippen molar-refractivity contribution in [2.45, 2.75) is 34.3 Å². The van der Waals surface area contributed by atoms with Crippen molar-refractivity contribution in [3.8, 4) is 5.75 Å². The molecule has 1 aromatic heterocycles. The Morgan fingerprint density at radius 1 is 1.18 bits per heavy atom. The first kappa shape index (κ1) is 16.1. The van der Waals surface area contributed by atoms with Crippen molar-refractivity contribution in [2.75, 3.05) is 6.54 Å². The Morgan fingerprint density at radius 3 is 2.64 bits per heavy atom. The number of benzene rings is 1. The average molecular weight is 301 g/mol. The van der Waals surface area contributed by atoms with Crippen LogP contribution in [0.2, 0.25) is 0 Å². The Morgan fingerprint density at radius 2 is 1.95 bits per heavy atom. The lowest BCUT2D eigenvalue weighted by atomic mass is 10.1. The number of hydrogen-bond donors (Lipinski definition) is 1. The fraction of sp³-hybridized carbons (Fsp3) is 0.389. The average Bonchev–Trinajstić information content (AvgIpc) is 2.95. The number of carbonyl (C=O) groups is 1. The topological polar surface area (TPSA) is 51.5 Å². The van der Waals surface area contributed by atoms with Crippen LogP contribution in [0.3, 0.4) is 0 Å². The van der Waals surface area contributed by atoms with Crippen LogP contribution in [0.4, 0.5) is 0 Å². The van der Waals surface area contributed by atoms with Gasteiger partial charge in [-0.2, -0.15) is 0 Å². The van der Waals surface area contributed by atoms with Crippen molar-refractivity contribution >= 4 is 5.91 Å². The summed E-state index contributed by atoms with van der Waals surface area (Å²) in [5.74, 6) is 1.97. The van der Waals surface area contributed by atoms with Crippen LogP contribution in [-0.2, 0) is 6.61 Å². The highest BCUT2D eigenvalue weighted by atomic mass is 16.5. The monoisotopic (exact) mass is 301 g/mol. The standard InChI is InChI=1S/C18H23NO3/c1-12(2)10-19-18(20)17-8-7-16(22-17)11-21-15-6-5-13(3)14(4)9-15/h5-9,12H,10-11H2,1-4H3,(H,19,20). The van der Waals surface area contributed by atoms with Crippen LogP contribution in [-0.4, -0.2) is 12.5 Å². The summed E-state index contributed by atoms with van der Waals surface area (Å²) in [5, 5.41) is 2.83. The maximum atomic E-state index is 11.9. The molecule has 0 saturated heterocycles. The Hall–Kier alpha value is -2.23. The minimum Gasteiger partial charge on any atom is -0.486 e. The van der Waals surface area contributed by atoms with Crippen LogP contribution >= 0.6 is 0 Å². The molecule has 0 aliphatic rings. The molecule has 1 aromatic carbocycles. The van der Waals surface area contributed by atoms with Gasteiger partial charge in [0.05, 0.1) is 0 Å². The van der Waals surface area contributed by atoms with Gasteiger partial charge in [0.1, 0.15) is 18.1 Å². The summed E-state index contributed by atoms with van der Waals surface area (Å²) >= 11 is 0. The first-order valence-corrected chi connectivity index (χ1v) is 7.52. The summed E-state index contributed by atoms with van der Waals surface area (Å²) < 4.78 is 11.2. The summed E-state index contributed by atoms with van der Waals surface area (Å²) in [6.45, 7) is 9.14. The Kier molecular flexibility index (Phi) is 5.26. The molecule has 0 radical (unpaired) electrons. The molecule has 1 heterocycles. The normalized spacial score (nSPS) is 10.8. The van der Waals surface area contributed by atoms with E-state index >= 15 is 0 Å². The van der Waals surface area contributed by atoms with E-state index in [9.17, 15) is 4.79 Å². The lowest BCUT2D eigenvalue weighted by molar-refractivity contribution is 0.0917. The molecule has 22 heavy (non-hydrogen) atoms. The fourth-order valence-corrected chi connectivity index (χ4v) is 1.92. The Labute approximate surface area is 131 Å². The third-order valence-corrected chi connectivity index (χ3v) is 3.42. The van der Waals surface area contributed by atoms with Crippen LogP contribution in [0.15, 0.2) is 34.7 Å². The molecule has 4 heteroatoms. The largest absolute Gasteiger partial charge is 0.486 e. The van der Waals surface area contributed by atoms with E-state index in [1.165, 1.54) is 11.1 Å². The van der Waals surface area contributed by atoms with E-state index < -0.39 is 0 Å². The third kappa shape index (κ3) is 4.38. The van der Waals surface area contributed by atoms with E-state index in [-0.39, 0.29) is 5.91 Å². The molecule has 0 unspecified atom stereocenters. The lowest BCUT2D eigenvalue weighted by Crippen LogP contribution is -2.26. The van der Waals surface area contributed by atoms with Crippen molar-refractivity contribution in [1.82, 2.24) is 5.32 Å². The Balaban J connectivity index is 1.91. The molecule has 0 bridgehead atoms. The molecule has 1 N–H and O–H groups in total.